The van der Waals surface area contributed by atoms with Gasteiger partial charge in [0.25, 0.3) is 0 Å². The van der Waals surface area contributed by atoms with Crippen molar-refractivity contribution in [3.05, 3.63) is 28.7 Å². The van der Waals surface area contributed by atoms with Gasteiger partial charge in [0.15, 0.2) is 0 Å². The molecule has 0 saturated heterocycles. The van der Waals surface area contributed by atoms with Crippen molar-refractivity contribution < 1.29 is 8.42 Å². The fourth-order valence-electron chi connectivity index (χ4n) is 1.07. The molecule has 0 aliphatic heterocycles. The highest BCUT2D eigenvalue weighted by atomic mass is 32.2. The van der Waals surface area contributed by atoms with Gasteiger partial charge in [-0.25, -0.2) is 13.1 Å². The van der Waals surface area contributed by atoms with Crippen LogP contribution in [0.5, 0.6) is 0 Å². The molecule has 1 heterocycles. The number of hydrogen-bond acceptors (Lipinski definition) is 3. The molecule has 1 aromatic heterocycles. The zero-order valence-electron chi connectivity index (χ0n) is 8.49. The first-order valence-electron chi connectivity index (χ1n) is 4.74. The second-order valence-corrected chi connectivity index (χ2v) is 4.86. The van der Waals surface area contributed by atoms with E-state index in [4.69, 9.17) is 0 Å². The average molecular weight is 230 g/mol. The van der Waals surface area contributed by atoms with Gasteiger partial charge in [0, 0.05) is 25.0 Å². The molecule has 0 amide bonds. The topological polar surface area (TPSA) is 79.0 Å². The highest BCUT2D eigenvalue weighted by Crippen LogP contribution is 1.99. The zero-order chi connectivity index (χ0) is 11.3. The summed E-state index contributed by atoms with van der Waals surface area (Å²) in [6.07, 6.45) is 4.24. The minimum atomic E-state index is -3.66. The predicted molar refractivity (Wildman–Crippen MR) is 57.2 cm³/mol. The van der Waals surface area contributed by atoms with Crippen LogP contribution in [-0.2, 0) is 10.0 Å². The minimum Gasteiger partial charge on any atom is -0.366 e. The summed E-state index contributed by atoms with van der Waals surface area (Å²) in [5.74, 6) is 0. The normalized spacial score (nSPS) is 11.5. The Bertz CT molecular complexity index is 464. The minimum absolute atomic E-state index is 0.235. The maximum absolute atomic E-state index is 11.6. The molecule has 0 radical (unpaired) electrons. The fraction of sp³-hybridized carbons (Fsp3) is 0.444. The third-order valence-electron chi connectivity index (χ3n) is 1.90. The Kier molecular flexibility index (Phi) is 4.05. The third-order valence-corrected chi connectivity index (χ3v) is 3.38. The molecule has 0 unspecified atom stereocenters. The summed E-state index contributed by atoms with van der Waals surface area (Å²) in [6.45, 7) is 2.32. The lowest BCUT2D eigenvalue weighted by Crippen LogP contribution is -2.29. The molecule has 0 aromatic carbocycles. The molecule has 1 rings (SSSR count). The Labute approximate surface area is 88.6 Å². The molecule has 0 atom stereocenters. The Hall–Kier alpha value is -1.14. The Morgan fingerprint density at radius 2 is 2.20 bits per heavy atom. The molecule has 0 bridgehead atoms. The monoisotopic (exact) mass is 230 g/mol. The predicted octanol–water partition coefficient (Wildman–Crippen LogP) is 0.453. The van der Waals surface area contributed by atoms with E-state index < -0.39 is 15.5 Å². The van der Waals surface area contributed by atoms with Crippen molar-refractivity contribution >= 4 is 10.0 Å². The van der Waals surface area contributed by atoms with Gasteiger partial charge in [-0.3, -0.25) is 4.79 Å². The van der Waals surface area contributed by atoms with E-state index in [1.807, 2.05) is 6.92 Å². The van der Waals surface area contributed by atoms with Gasteiger partial charge in [-0.2, -0.15) is 0 Å². The molecule has 2 N–H and O–H groups in total. The number of rotatable bonds is 5. The number of aromatic amines is 1. The number of H-pyrrole nitrogens is 1. The number of hydrogen-bond donors (Lipinski definition) is 2. The number of sulfonamides is 1. The van der Waals surface area contributed by atoms with Crippen molar-refractivity contribution in [3.8, 4) is 0 Å². The summed E-state index contributed by atoms with van der Waals surface area (Å²) in [4.78, 5) is 13.6. The number of pyridine rings is 1. The van der Waals surface area contributed by atoms with Crippen molar-refractivity contribution in [1.29, 1.82) is 0 Å². The summed E-state index contributed by atoms with van der Waals surface area (Å²) in [5, 5.41) is 0. The Balaban J connectivity index is 2.88. The lowest BCUT2D eigenvalue weighted by atomic mass is 10.3. The first-order chi connectivity index (χ1) is 7.08. The second-order valence-electron chi connectivity index (χ2n) is 3.12. The molecule has 84 valence electrons. The van der Waals surface area contributed by atoms with E-state index in [-0.39, 0.29) is 4.90 Å². The molecular weight excluding hydrogens is 216 g/mol. The molecule has 15 heavy (non-hydrogen) atoms. The summed E-state index contributed by atoms with van der Waals surface area (Å²) in [7, 11) is -3.66. The zero-order valence-corrected chi connectivity index (χ0v) is 9.30. The molecule has 6 heteroatoms. The summed E-state index contributed by atoms with van der Waals surface area (Å²) >= 11 is 0. The van der Waals surface area contributed by atoms with Gasteiger partial charge in [0.1, 0.15) is 4.90 Å². The van der Waals surface area contributed by atoms with Crippen molar-refractivity contribution in [1.82, 2.24) is 9.71 Å². The van der Waals surface area contributed by atoms with Crippen LogP contribution in [-0.4, -0.2) is 19.9 Å². The van der Waals surface area contributed by atoms with Gasteiger partial charge in [0.2, 0.25) is 15.5 Å². The first-order valence-corrected chi connectivity index (χ1v) is 6.23. The molecular formula is C9H14N2O3S. The van der Waals surface area contributed by atoms with Gasteiger partial charge in [-0.1, -0.05) is 13.3 Å². The lowest BCUT2D eigenvalue weighted by molar-refractivity contribution is 0.577. The van der Waals surface area contributed by atoms with Crippen molar-refractivity contribution in [2.75, 3.05) is 6.54 Å². The van der Waals surface area contributed by atoms with Crippen LogP contribution in [0.2, 0.25) is 0 Å². The quantitative estimate of drug-likeness (QED) is 0.721. The van der Waals surface area contributed by atoms with Crippen LogP contribution in [0.3, 0.4) is 0 Å². The third kappa shape index (κ3) is 3.17. The molecule has 0 aliphatic rings. The summed E-state index contributed by atoms with van der Waals surface area (Å²) in [5.41, 5.74) is -0.502. The number of unbranched alkanes of at least 4 members (excludes halogenated alkanes) is 1. The largest absolute Gasteiger partial charge is 0.366 e. The second kappa shape index (κ2) is 5.09. The van der Waals surface area contributed by atoms with Crippen LogP contribution >= 0.6 is 0 Å². The van der Waals surface area contributed by atoms with Crippen molar-refractivity contribution in [2.24, 2.45) is 0 Å². The summed E-state index contributed by atoms with van der Waals surface area (Å²) in [6, 6.07) is 1.19. The number of aromatic nitrogens is 1. The fourth-order valence-corrected chi connectivity index (χ4v) is 2.20. The van der Waals surface area contributed by atoms with E-state index in [0.29, 0.717) is 6.54 Å². The van der Waals surface area contributed by atoms with Crippen molar-refractivity contribution in [2.45, 2.75) is 24.7 Å². The smallest absolute Gasteiger partial charge is 0.245 e. The molecule has 5 nitrogen and oxygen atoms in total. The van der Waals surface area contributed by atoms with Crippen LogP contribution < -0.4 is 10.2 Å². The maximum Gasteiger partial charge on any atom is 0.245 e. The lowest BCUT2D eigenvalue weighted by Gasteiger charge is -2.04. The molecule has 0 fully saturated rings. The summed E-state index contributed by atoms with van der Waals surface area (Å²) < 4.78 is 25.6. The van der Waals surface area contributed by atoms with Crippen molar-refractivity contribution in [3.63, 3.8) is 0 Å². The highest BCUT2D eigenvalue weighted by Gasteiger charge is 2.16. The van der Waals surface area contributed by atoms with E-state index in [1.54, 1.807) is 0 Å². The van der Waals surface area contributed by atoms with Crippen LogP contribution in [0.25, 0.3) is 0 Å². The average Bonchev–Trinajstić information content (AvgIpc) is 2.18. The number of nitrogens with one attached hydrogen (secondary N) is 2. The van der Waals surface area contributed by atoms with Gasteiger partial charge in [-0.05, 0) is 6.42 Å². The first kappa shape index (κ1) is 11.9. The van der Waals surface area contributed by atoms with Crippen LogP contribution in [0.4, 0.5) is 0 Å². The standard InChI is InChI=1S/C9H14N2O3S/c1-2-3-5-11-15(13,14)9-7-10-6-4-8(9)12/h4,6-7,11H,2-3,5H2,1H3,(H,10,12). The molecule has 0 aliphatic carbocycles. The van der Waals surface area contributed by atoms with Gasteiger partial charge < -0.3 is 4.98 Å². The van der Waals surface area contributed by atoms with E-state index >= 15 is 0 Å². The highest BCUT2D eigenvalue weighted by molar-refractivity contribution is 7.89. The maximum atomic E-state index is 11.6. The van der Waals surface area contributed by atoms with Gasteiger partial charge >= 0.3 is 0 Å². The molecule has 0 spiro atoms. The van der Waals surface area contributed by atoms with Crippen LogP contribution in [0.1, 0.15) is 19.8 Å². The Morgan fingerprint density at radius 3 is 2.80 bits per heavy atom. The van der Waals surface area contributed by atoms with E-state index in [2.05, 4.69) is 9.71 Å². The van der Waals surface area contributed by atoms with E-state index in [0.717, 1.165) is 12.8 Å². The van der Waals surface area contributed by atoms with Crippen LogP contribution in [0.15, 0.2) is 28.2 Å². The van der Waals surface area contributed by atoms with E-state index in [9.17, 15) is 13.2 Å². The van der Waals surface area contributed by atoms with Crippen LogP contribution in [0, 0.1) is 0 Å². The molecule has 0 saturated carbocycles. The van der Waals surface area contributed by atoms with E-state index in [1.165, 1.54) is 18.5 Å². The molecule has 1 aromatic rings. The SMILES string of the molecule is CCCCNS(=O)(=O)c1c[nH]ccc1=O. The van der Waals surface area contributed by atoms with Gasteiger partial charge in [-0.15, -0.1) is 0 Å². The Morgan fingerprint density at radius 1 is 1.47 bits per heavy atom. The van der Waals surface area contributed by atoms with Gasteiger partial charge in [0.05, 0.1) is 0 Å².